The summed E-state index contributed by atoms with van der Waals surface area (Å²) in [5.74, 6) is 0.731. The Morgan fingerprint density at radius 2 is 2.00 bits per heavy atom. The molecule has 1 aromatic heterocycles. The van der Waals surface area contributed by atoms with Gasteiger partial charge in [-0.15, -0.1) is 0 Å². The average Bonchev–Trinajstić information content (AvgIpc) is 2.38. The van der Waals surface area contributed by atoms with Gasteiger partial charge in [0.15, 0.2) is 0 Å². The standard InChI is InChI=1S/C12H15BrN4O/c13-8-5-14-12(15-6-8)17-7-11(18)16-9-3-1-2-4-10(9)17/h5-6,9-10H,1-4,7H2,(H,16,18)/t9-,10+/m1/s1. The molecule has 2 fully saturated rings. The maximum Gasteiger partial charge on any atom is 0.239 e. The molecule has 6 heteroatoms. The number of fused-ring (bicyclic) bond motifs is 1. The molecule has 5 nitrogen and oxygen atoms in total. The van der Waals surface area contributed by atoms with Crippen LogP contribution in [0.15, 0.2) is 16.9 Å². The van der Waals surface area contributed by atoms with Gasteiger partial charge in [-0.05, 0) is 28.8 Å². The van der Waals surface area contributed by atoms with Crippen LogP contribution in [-0.2, 0) is 4.79 Å². The molecule has 0 bridgehead atoms. The summed E-state index contributed by atoms with van der Waals surface area (Å²) in [6.45, 7) is 0.364. The van der Waals surface area contributed by atoms with Crippen LogP contribution < -0.4 is 10.2 Å². The second-order valence-corrected chi connectivity index (χ2v) is 5.77. The van der Waals surface area contributed by atoms with Crippen LogP contribution in [0.4, 0.5) is 5.95 Å². The molecule has 1 amide bonds. The normalized spacial score (nSPS) is 27.6. The number of aromatic nitrogens is 2. The summed E-state index contributed by atoms with van der Waals surface area (Å²) in [7, 11) is 0. The number of piperazine rings is 1. The van der Waals surface area contributed by atoms with E-state index in [4.69, 9.17) is 0 Å². The molecule has 18 heavy (non-hydrogen) atoms. The summed E-state index contributed by atoms with van der Waals surface area (Å²) in [5.41, 5.74) is 0. The van der Waals surface area contributed by atoms with E-state index in [1.807, 2.05) is 0 Å². The molecular formula is C12H15BrN4O. The van der Waals surface area contributed by atoms with Crippen molar-refractivity contribution < 1.29 is 4.79 Å². The number of carbonyl (C=O) groups excluding carboxylic acids is 1. The molecule has 1 aliphatic carbocycles. The van der Waals surface area contributed by atoms with Gasteiger partial charge in [0.1, 0.15) is 6.54 Å². The molecule has 2 atom stereocenters. The molecule has 0 aromatic carbocycles. The minimum Gasteiger partial charge on any atom is -0.350 e. The Balaban J connectivity index is 1.88. The Hall–Kier alpha value is -1.17. The van der Waals surface area contributed by atoms with Crippen molar-refractivity contribution in [1.82, 2.24) is 15.3 Å². The number of rotatable bonds is 1. The summed E-state index contributed by atoms with van der Waals surface area (Å²) in [4.78, 5) is 22.4. The molecule has 2 aliphatic rings. The lowest BCUT2D eigenvalue weighted by atomic mass is 9.87. The van der Waals surface area contributed by atoms with E-state index in [0.717, 1.165) is 17.3 Å². The van der Waals surface area contributed by atoms with Crippen molar-refractivity contribution in [3.63, 3.8) is 0 Å². The number of hydrogen-bond acceptors (Lipinski definition) is 4. The van der Waals surface area contributed by atoms with Gasteiger partial charge in [0.25, 0.3) is 0 Å². The van der Waals surface area contributed by atoms with E-state index in [1.54, 1.807) is 12.4 Å². The maximum atomic E-state index is 11.8. The smallest absolute Gasteiger partial charge is 0.239 e. The van der Waals surface area contributed by atoms with E-state index >= 15 is 0 Å². The van der Waals surface area contributed by atoms with Gasteiger partial charge in [-0.3, -0.25) is 4.79 Å². The Bertz CT molecular complexity index is 450. The first-order valence-corrected chi connectivity index (χ1v) is 7.07. The third kappa shape index (κ3) is 2.21. The molecule has 1 saturated heterocycles. The zero-order valence-electron chi connectivity index (χ0n) is 9.97. The Morgan fingerprint density at radius 3 is 2.78 bits per heavy atom. The SMILES string of the molecule is O=C1CN(c2ncc(Br)cn2)[C@H]2CCCC[C@H]2N1. The molecule has 1 aliphatic heterocycles. The molecule has 0 radical (unpaired) electrons. The predicted molar refractivity (Wildman–Crippen MR) is 71.3 cm³/mol. The highest BCUT2D eigenvalue weighted by molar-refractivity contribution is 9.10. The fourth-order valence-corrected chi connectivity index (χ4v) is 3.05. The monoisotopic (exact) mass is 310 g/mol. The molecule has 3 rings (SSSR count). The van der Waals surface area contributed by atoms with Crippen molar-refractivity contribution >= 4 is 27.8 Å². The van der Waals surface area contributed by atoms with Crippen molar-refractivity contribution in [2.24, 2.45) is 0 Å². The second kappa shape index (κ2) is 4.84. The number of amides is 1. The number of anilines is 1. The van der Waals surface area contributed by atoms with Crippen LogP contribution in [-0.4, -0.2) is 34.5 Å². The van der Waals surface area contributed by atoms with Gasteiger partial charge >= 0.3 is 0 Å². The van der Waals surface area contributed by atoms with E-state index in [2.05, 4.69) is 36.1 Å². The third-order valence-electron chi connectivity index (χ3n) is 3.65. The van der Waals surface area contributed by atoms with Gasteiger partial charge in [-0.1, -0.05) is 12.8 Å². The van der Waals surface area contributed by atoms with Gasteiger partial charge < -0.3 is 10.2 Å². The summed E-state index contributed by atoms with van der Waals surface area (Å²) >= 11 is 3.33. The number of carbonyl (C=O) groups is 1. The second-order valence-electron chi connectivity index (χ2n) is 4.85. The van der Waals surface area contributed by atoms with Crippen LogP contribution >= 0.6 is 15.9 Å². The first-order valence-electron chi connectivity index (χ1n) is 6.27. The van der Waals surface area contributed by atoms with Gasteiger partial charge in [0.05, 0.1) is 10.5 Å². The average molecular weight is 311 g/mol. The zero-order valence-corrected chi connectivity index (χ0v) is 11.6. The third-order valence-corrected chi connectivity index (χ3v) is 4.06. The predicted octanol–water partition coefficient (Wildman–Crippen LogP) is 1.49. The van der Waals surface area contributed by atoms with Gasteiger partial charge in [0, 0.05) is 18.4 Å². The Morgan fingerprint density at radius 1 is 1.28 bits per heavy atom. The van der Waals surface area contributed by atoms with E-state index in [9.17, 15) is 4.79 Å². The summed E-state index contributed by atoms with van der Waals surface area (Å²) in [6.07, 6.45) is 8.02. The van der Waals surface area contributed by atoms with Gasteiger partial charge in [-0.25, -0.2) is 9.97 Å². The molecule has 1 aromatic rings. The summed E-state index contributed by atoms with van der Waals surface area (Å²) < 4.78 is 0.855. The number of hydrogen-bond donors (Lipinski definition) is 1. The highest BCUT2D eigenvalue weighted by atomic mass is 79.9. The number of halogens is 1. The van der Waals surface area contributed by atoms with Crippen LogP contribution in [0, 0.1) is 0 Å². The maximum absolute atomic E-state index is 11.8. The Kier molecular flexibility index (Phi) is 3.20. The lowest BCUT2D eigenvalue weighted by Gasteiger charge is -2.43. The molecular weight excluding hydrogens is 296 g/mol. The van der Waals surface area contributed by atoms with E-state index in [0.29, 0.717) is 18.5 Å². The quantitative estimate of drug-likeness (QED) is 0.854. The lowest BCUT2D eigenvalue weighted by molar-refractivity contribution is -0.122. The highest BCUT2D eigenvalue weighted by Crippen LogP contribution is 2.28. The van der Waals surface area contributed by atoms with Crippen LogP contribution in [0.1, 0.15) is 25.7 Å². The van der Waals surface area contributed by atoms with Gasteiger partial charge in [-0.2, -0.15) is 0 Å². The van der Waals surface area contributed by atoms with Crippen LogP contribution in [0.5, 0.6) is 0 Å². The molecule has 0 unspecified atom stereocenters. The zero-order chi connectivity index (χ0) is 12.5. The van der Waals surface area contributed by atoms with Crippen LogP contribution in [0.3, 0.4) is 0 Å². The van der Waals surface area contributed by atoms with Crippen molar-refractivity contribution in [3.8, 4) is 0 Å². The van der Waals surface area contributed by atoms with Crippen molar-refractivity contribution in [2.75, 3.05) is 11.4 Å². The Labute approximate surface area is 114 Å². The number of nitrogens with one attached hydrogen (secondary N) is 1. The fraction of sp³-hybridized carbons (Fsp3) is 0.583. The topological polar surface area (TPSA) is 58.1 Å². The first-order chi connectivity index (χ1) is 8.74. The van der Waals surface area contributed by atoms with E-state index < -0.39 is 0 Å². The van der Waals surface area contributed by atoms with Crippen molar-refractivity contribution in [3.05, 3.63) is 16.9 Å². The van der Waals surface area contributed by atoms with Crippen molar-refractivity contribution in [2.45, 2.75) is 37.8 Å². The largest absolute Gasteiger partial charge is 0.350 e. The lowest BCUT2D eigenvalue weighted by Crippen LogP contribution is -2.62. The highest BCUT2D eigenvalue weighted by Gasteiger charge is 2.37. The van der Waals surface area contributed by atoms with Crippen molar-refractivity contribution in [1.29, 1.82) is 0 Å². The van der Waals surface area contributed by atoms with E-state index in [1.165, 1.54) is 12.8 Å². The summed E-state index contributed by atoms with van der Waals surface area (Å²) in [6, 6.07) is 0.602. The molecule has 96 valence electrons. The van der Waals surface area contributed by atoms with Gasteiger partial charge in [0.2, 0.25) is 11.9 Å². The number of nitrogens with zero attached hydrogens (tertiary/aromatic N) is 3. The molecule has 2 heterocycles. The molecule has 0 spiro atoms. The minimum atomic E-state index is 0.0738. The summed E-state index contributed by atoms with van der Waals surface area (Å²) in [5, 5.41) is 3.08. The molecule has 1 saturated carbocycles. The minimum absolute atomic E-state index is 0.0738. The fourth-order valence-electron chi connectivity index (χ4n) is 2.85. The van der Waals surface area contributed by atoms with Crippen LogP contribution in [0.2, 0.25) is 0 Å². The van der Waals surface area contributed by atoms with E-state index in [-0.39, 0.29) is 11.9 Å². The molecule has 1 N–H and O–H groups in total. The first kappa shape index (κ1) is 11.9. The van der Waals surface area contributed by atoms with Crippen LogP contribution in [0.25, 0.3) is 0 Å².